The quantitative estimate of drug-likeness (QED) is 0.718. The van der Waals surface area contributed by atoms with Crippen LogP contribution >= 0.6 is 11.3 Å². The maximum absolute atomic E-state index is 12.0. The molecule has 0 saturated carbocycles. The zero-order chi connectivity index (χ0) is 17.5. The van der Waals surface area contributed by atoms with Gasteiger partial charge in [0.25, 0.3) is 0 Å². The van der Waals surface area contributed by atoms with Gasteiger partial charge in [-0.05, 0) is 45.0 Å². The van der Waals surface area contributed by atoms with Crippen LogP contribution in [0.2, 0.25) is 0 Å². The van der Waals surface area contributed by atoms with Gasteiger partial charge in [0.15, 0.2) is 0 Å². The lowest BCUT2D eigenvalue weighted by Crippen LogP contribution is -2.50. The summed E-state index contributed by atoms with van der Waals surface area (Å²) in [7, 11) is 0. The van der Waals surface area contributed by atoms with Crippen molar-refractivity contribution in [2.24, 2.45) is 0 Å². The Morgan fingerprint density at radius 3 is 2.62 bits per heavy atom. The highest BCUT2D eigenvalue weighted by Gasteiger charge is 2.17. The van der Waals surface area contributed by atoms with Crippen molar-refractivity contribution in [1.82, 2.24) is 16.0 Å². The fraction of sp³-hybridized carbons (Fsp3) is 0.412. The van der Waals surface area contributed by atoms with E-state index in [0.29, 0.717) is 12.3 Å². The van der Waals surface area contributed by atoms with Gasteiger partial charge in [-0.3, -0.25) is 4.79 Å². The first kappa shape index (κ1) is 18.1. The summed E-state index contributed by atoms with van der Waals surface area (Å²) in [5.74, 6) is 0.406. The van der Waals surface area contributed by atoms with E-state index in [0.717, 1.165) is 6.42 Å². The molecule has 0 aliphatic carbocycles. The molecule has 24 heavy (non-hydrogen) atoms. The number of aryl methyl sites for hydroxylation is 1. The summed E-state index contributed by atoms with van der Waals surface area (Å²) in [4.78, 5) is 26.4. The van der Waals surface area contributed by atoms with Gasteiger partial charge in [0, 0.05) is 22.2 Å². The second kappa shape index (κ2) is 8.54. The van der Waals surface area contributed by atoms with Gasteiger partial charge in [-0.2, -0.15) is 0 Å². The van der Waals surface area contributed by atoms with Crippen LogP contribution in [0.5, 0.6) is 0 Å². The van der Waals surface area contributed by atoms with Crippen molar-refractivity contribution in [2.75, 3.05) is 0 Å². The van der Waals surface area contributed by atoms with Crippen LogP contribution in [0.4, 0.5) is 4.79 Å². The smallest absolute Gasteiger partial charge is 0.315 e. The number of amides is 3. The molecule has 6 nitrogen and oxygen atoms in total. The number of furan rings is 1. The normalized spacial score (nSPS) is 13.1. The zero-order valence-corrected chi connectivity index (χ0v) is 14.9. The Hall–Kier alpha value is -2.28. The van der Waals surface area contributed by atoms with E-state index < -0.39 is 6.04 Å². The van der Waals surface area contributed by atoms with Crippen LogP contribution in [0.1, 0.15) is 29.4 Å². The lowest BCUT2D eigenvalue weighted by molar-refractivity contribution is -0.122. The Bertz CT molecular complexity index is 666. The van der Waals surface area contributed by atoms with E-state index in [-0.39, 0.29) is 18.0 Å². The molecular weight excluding hydrogens is 326 g/mol. The molecule has 2 unspecified atom stereocenters. The summed E-state index contributed by atoms with van der Waals surface area (Å²) in [5.41, 5.74) is 0. The van der Waals surface area contributed by atoms with Gasteiger partial charge in [-0.25, -0.2) is 4.79 Å². The first-order chi connectivity index (χ1) is 11.4. The molecule has 0 aliphatic rings. The van der Waals surface area contributed by atoms with E-state index >= 15 is 0 Å². The van der Waals surface area contributed by atoms with E-state index in [2.05, 4.69) is 35.0 Å². The van der Waals surface area contributed by atoms with Gasteiger partial charge in [0.05, 0.1) is 12.8 Å². The monoisotopic (exact) mass is 349 g/mol. The van der Waals surface area contributed by atoms with E-state index in [1.807, 2.05) is 6.92 Å². The topological polar surface area (TPSA) is 83.4 Å². The van der Waals surface area contributed by atoms with E-state index in [9.17, 15) is 9.59 Å². The van der Waals surface area contributed by atoms with Gasteiger partial charge >= 0.3 is 6.03 Å². The van der Waals surface area contributed by atoms with Crippen molar-refractivity contribution < 1.29 is 14.0 Å². The molecule has 0 aromatic carbocycles. The Morgan fingerprint density at radius 1 is 1.21 bits per heavy atom. The molecule has 3 amide bonds. The predicted octanol–water partition coefficient (Wildman–Crippen LogP) is 2.58. The van der Waals surface area contributed by atoms with Crippen LogP contribution < -0.4 is 16.0 Å². The van der Waals surface area contributed by atoms with Crippen LogP contribution in [0.3, 0.4) is 0 Å². The fourth-order valence-corrected chi connectivity index (χ4v) is 3.23. The number of nitrogens with one attached hydrogen (secondary N) is 3. The van der Waals surface area contributed by atoms with E-state index in [4.69, 9.17) is 4.42 Å². The Balaban J connectivity index is 1.71. The maximum atomic E-state index is 12.0. The number of carbonyl (C=O) groups is 2. The van der Waals surface area contributed by atoms with Crippen molar-refractivity contribution in [2.45, 2.75) is 45.8 Å². The first-order valence-corrected chi connectivity index (χ1v) is 8.68. The highest BCUT2D eigenvalue weighted by atomic mass is 32.1. The van der Waals surface area contributed by atoms with Crippen LogP contribution in [0, 0.1) is 6.92 Å². The number of thiophene rings is 1. The SMILES string of the molecule is Cc1ccc(CC(C)NC(=O)NC(C)C(=O)NCc2ccco2)s1. The molecule has 2 atom stereocenters. The minimum atomic E-state index is -0.629. The number of carbonyl (C=O) groups excluding carboxylic acids is 2. The Labute approximate surface area is 145 Å². The third-order valence-corrected chi connectivity index (χ3v) is 4.46. The molecule has 0 radical (unpaired) electrons. The molecule has 0 saturated heterocycles. The third kappa shape index (κ3) is 5.73. The summed E-state index contributed by atoms with van der Waals surface area (Å²) >= 11 is 1.72. The average Bonchev–Trinajstić information content (AvgIpc) is 3.16. The van der Waals surface area contributed by atoms with Crippen LogP contribution in [-0.2, 0) is 17.8 Å². The minimum absolute atomic E-state index is 0.0126. The molecule has 7 heteroatoms. The molecule has 3 N–H and O–H groups in total. The van der Waals surface area contributed by atoms with Gasteiger partial charge in [0.1, 0.15) is 11.8 Å². The highest BCUT2D eigenvalue weighted by Crippen LogP contribution is 2.16. The van der Waals surface area contributed by atoms with Crippen molar-refractivity contribution in [3.05, 3.63) is 46.0 Å². The van der Waals surface area contributed by atoms with Crippen LogP contribution in [0.15, 0.2) is 34.9 Å². The van der Waals surface area contributed by atoms with E-state index in [1.54, 1.807) is 36.7 Å². The Kier molecular flexibility index (Phi) is 6.43. The van der Waals surface area contributed by atoms with Crippen molar-refractivity contribution in [1.29, 1.82) is 0 Å². The lowest BCUT2D eigenvalue weighted by Gasteiger charge is -2.17. The lowest BCUT2D eigenvalue weighted by atomic mass is 10.2. The standard InChI is InChI=1S/C17H23N3O3S/c1-11(9-15-7-6-12(2)24-15)19-17(22)20-13(3)16(21)18-10-14-5-4-8-23-14/h4-8,11,13H,9-10H2,1-3H3,(H,18,21)(H2,19,20,22). The van der Waals surface area contributed by atoms with Gasteiger partial charge in [-0.15, -0.1) is 11.3 Å². The molecule has 2 aromatic heterocycles. The molecule has 2 rings (SSSR count). The molecule has 0 bridgehead atoms. The molecule has 0 spiro atoms. The third-order valence-electron chi connectivity index (χ3n) is 3.44. The van der Waals surface area contributed by atoms with Crippen molar-refractivity contribution in [3.8, 4) is 0 Å². The molecule has 0 fully saturated rings. The maximum Gasteiger partial charge on any atom is 0.315 e. The van der Waals surface area contributed by atoms with Crippen LogP contribution in [0.25, 0.3) is 0 Å². The molecule has 130 valence electrons. The summed E-state index contributed by atoms with van der Waals surface area (Å²) < 4.78 is 5.14. The second-order valence-corrected chi connectivity index (χ2v) is 7.13. The Morgan fingerprint density at radius 2 is 2.00 bits per heavy atom. The number of hydrogen-bond donors (Lipinski definition) is 3. The van der Waals surface area contributed by atoms with Crippen LogP contribution in [-0.4, -0.2) is 24.0 Å². The van der Waals surface area contributed by atoms with Gasteiger partial charge < -0.3 is 20.4 Å². The highest BCUT2D eigenvalue weighted by molar-refractivity contribution is 7.11. The number of rotatable bonds is 7. The summed E-state index contributed by atoms with van der Waals surface area (Å²) in [6, 6.07) is 6.68. The largest absolute Gasteiger partial charge is 0.467 e. The minimum Gasteiger partial charge on any atom is -0.467 e. The molecule has 0 aliphatic heterocycles. The van der Waals surface area contributed by atoms with Gasteiger partial charge in [-0.1, -0.05) is 0 Å². The first-order valence-electron chi connectivity index (χ1n) is 7.86. The fourth-order valence-electron chi connectivity index (χ4n) is 2.22. The average molecular weight is 349 g/mol. The van der Waals surface area contributed by atoms with E-state index in [1.165, 1.54) is 9.75 Å². The number of hydrogen-bond acceptors (Lipinski definition) is 4. The zero-order valence-electron chi connectivity index (χ0n) is 14.1. The predicted molar refractivity (Wildman–Crippen MR) is 93.9 cm³/mol. The van der Waals surface area contributed by atoms with Crippen molar-refractivity contribution in [3.63, 3.8) is 0 Å². The summed E-state index contributed by atoms with van der Waals surface area (Å²) in [5, 5.41) is 8.21. The molecule has 2 heterocycles. The summed E-state index contributed by atoms with van der Waals surface area (Å²) in [6.07, 6.45) is 2.32. The number of urea groups is 1. The second-order valence-electron chi connectivity index (χ2n) is 5.75. The van der Waals surface area contributed by atoms with Gasteiger partial charge in [0.2, 0.25) is 5.91 Å². The van der Waals surface area contributed by atoms with Crippen molar-refractivity contribution >= 4 is 23.3 Å². The molecular formula is C17H23N3O3S. The summed E-state index contributed by atoms with van der Waals surface area (Å²) in [6.45, 7) is 5.94. The molecule has 2 aromatic rings.